The average molecular weight is 354 g/mol. The maximum absolute atomic E-state index is 12.8. The Morgan fingerprint density at radius 3 is 2.85 bits per heavy atom. The summed E-state index contributed by atoms with van der Waals surface area (Å²) in [6.07, 6.45) is 3.15. The summed E-state index contributed by atoms with van der Waals surface area (Å²) >= 11 is 0. The Morgan fingerprint density at radius 1 is 1.31 bits per heavy atom. The minimum atomic E-state index is -0.262. The molecular weight excluding hydrogens is 328 g/mol. The van der Waals surface area contributed by atoms with E-state index in [1.807, 2.05) is 4.90 Å². The molecule has 6 heteroatoms. The number of hydrogen-bond acceptors (Lipinski definition) is 4. The van der Waals surface area contributed by atoms with Crippen LogP contribution in [0.5, 0.6) is 0 Å². The molecule has 2 heterocycles. The van der Waals surface area contributed by atoms with Gasteiger partial charge in [0.1, 0.15) is 6.04 Å². The molecule has 4 rings (SSSR count). The van der Waals surface area contributed by atoms with E-state index in [2.05, 4.69) is 54.4 Å². The first-order valence-electron chi connectivity index (χ1n) is 9.48. The summed E-state index contributed by atoms with van der Waals surface area (Å²) in [7, 11) is 0. The van der Waals surface area contributed by atoms with Gasteiger partial charge in [0.15, 0.2) is 5.82 Å². The Labute approximate surface area is 154 Å². The molecule has 0 spiro atoms. The zero-order valence-corrected chi connectivity index (χ0v) is 15.7. The summed E-state index contributed by atoms with van der Waals surface area (Å²) in [5.74, 6) is 1.91. The molecule has 1 aromatic heterocycles. The lowest BCUT2D eigenvalue weighted by molar-refractivity contribution is 0.179. The lowest BCUT2D eigenvalue weighted by Gasteiger charge is -2.31. The fraction of sp³-hybridized carbons (Fsp3) is 0.550. The smallest absolute Gasteiger partial charge is 0.318 e. The number of carbonyl (C=O) groups excluding carboxylic acids is 1. The number of rotatable bonds is 4. The van der Waals surface area contributed by atoms with Gasteiger partial charge in [-0.05, 0) is 43.2 Å². The molecule has 1 aliphatic heterocycles. The zero-order chi connectivity index (χ0) is 18.3. The molecule has 1 atom stereocenters. The van der Waals surface area contributed by atoms with Gasteiger partial charge in [-0.3, -0.25) is 0 Å². The van der Waals surface area contributed by atoms with E-state index in [9.17, 15) is 4.79 Å². The Morgan fingerprint density at radius 2 is 2.12 bits per heavy atom. The van der Waals surface area contributed by atoms with Crippen LogP contribution in [0.3, 0.4) is 0 Å². The quantitative estimate of drug-likeness (QED) is 0.908. The van der Waals surface area contributed by atoms with Crippen LogP contribution in [0.25, 0.3) is 0 Å². The molecule has 0 bridgehead atoms. The number of aromatic nitrogens is 2. The first-order chi connectivity index (χ1) is 12.5. The van der Waals surface area contributed by atoms with Crippen molar-refractivity contribution >= 4 is 6.03 Å². The van der Waals surface area contributed by atoms with Crippen LogP contribution in [0, 0.1) is 12.8 Å². The second-order valence-electron chi connectivity index (χ2n) is 7.88. The number of fused-ring (bicyclic) bond motifs is 1. The third-order valence-electron chi connectivity index (χ3n) is 5.27. The summed E-state index contributed by atoms with van der Waals surface area (Å²) in [5, 5.41) is 7.20. The summed E-state index contributed by atoms with van der Waals surface area (Å²) in [6, 6.07) is 6.13. The largest absolute Gasteiger partial charge is 0.337 e. The van der Waals surface area contributed by atoms with Gasteiger partial charge in [0.05, 0.1) is 0 Å². The number of urea groups is 1. The van der Waals surface area contributed by atoms with E-state index in [4.69, 9.17) is 4.52 Å². The van der Waals surface area contributed by atoms with Gasteiger partial charge >= 0.3 is 6.03 Å². The fourth-order valence-corrected chi connectivity index (χ4v) is 3.47. The second kappa shape index (κ2) is 6.74. The zero-order valence-electron chi connectivity index (χ0n) is 15.7. The minimum absolute atomic E-state index is 0.0684. The highest BCUT2D eigenvalue weighted by molar-refractivity contribution is 5.75. The minimum Gasteiger partial charge on any atom is -0.337 e. The van der Waals surface area contributed by atoms with Crippen molar-refractivity contribution < 1.29 is 9.32 Å². The molecule has 0 saturated heterocycles. The van der Waals surface area contributed by atoms with E-state index in [0.29, 0.717) is 18.4 Å². The Hall–Kier alpha value is -2.37. The molecule has 1 saturated carbocycles. The van der Waals surface area contributed by atoms with Crippen LogP contribution in [0.15, 0.2) is 22.7 Å². The predicted molar refractivity (Wildman–Crippen MR) is 97.7 cm³/mol. The Kier molecular flexibility index (Phi) is 4.42. The van der Waals surface area contributed by atoms with Gasteiger partial charge in [-0.25, -0.2) is 4.79 Å². The molecule has 1 aromatic carbocycles. The summed E-state index contributed by atoms with van der Waals surface area (Å²) in [4.78, 5) is 19.2. The van der Waals surface area contributed by atoms with E-state index >= 15 is 0 Å². The Bertz CT molecular complexity index is 810. The van der Waals surface area contributed by atoms with Crippen molar-refractivity contribution in [1.82, 2.24) is 20.4 Å². The first-order valence-corrected chi connectivity index (χ1v) is 9.48. The lowest BCUT2D eigenvalue weighted by atomic mass is 9.98. The summed E-state index contributed by atoms with van der Waals surface area (Å²) in [6.45, 7) is 7.58. The number of nitrogens with one attached hydrogen (secondary N) is 1. The Balaban J connectivity index is 1.45. The average Bonchev–Trinajstić information content (AvgIpc) is 3.36. The van der Waals surface area contributed by atoms with Gasteiger partial charge in [-0.2, -0.15) is 4.98 Å². The van der Waals surface area contributed by atoms with Crippen LogP contribution in [-0.4, -0.2) is 27.6 Å². The van der Waals surface area contributed by atoms with Crippen molar-refractivity contribution in [3.8, 4) is 0 Å². The van der Waals surface area contributed by atoms with Crippen molar-refractivity contribution in [1.29, 1.82) is 0 Å². The topological polar surface area (TPSA) is 71.3 Å². The molecule has 6 nitrogen and oxygen atoms in total. The third-order valence-corrected chi connectivity index (χ3v) is 5.27. The second-order valence-corrected chi connectivity index (χ2v) is 7.88. The summed E-state index contributed by atoms with van der Waals surface area (Å²) < 4.78 is 5.45. The van der Waals surface area contributed by atoms with Crippen LogP contribution < -0.4 is 5.32 Å². The van der Waals surface area contributed by atoms with Gasteiger partial charge < -0.3 is 14.7 Å². The monoisotopic (exact) mass is 354 g/mol. The normalized spacial score (nSPS) is 17.9. The number of amides is 2. The van der Waals surface area contributed by atoms with E-state index in [1.165, 1.54) is 16.7 Å². The van der Waals surface area contributed by atoms with Crippen molar-refractivity contribution in [3.63, 3.8) is 0 Å². The highest BCUT2D eigenvalue weighted by atomic mass is 16.5. The summed E-state index contributed by atoms with van der Waals surface area (Å²) in [5.41, 5.74) is 3.84. The predicted octanol–water partition coefficient (Wildman–Crippen LogP) is 3.72. The van der Waals surface area contributed by atoms with Gasteiger partial charge in [0, 0.05) is 19.0 Å². The van der Waals surface area contributed by atoms with Crippen molar-refractivity contribution in [2.45, 2.75) is 58.5 Å². The maximum Gasteiger partial charge on any atom is 0.318 e. The van der Waals surface area contributed by atoms with E-state index in [0.717, 1.165) is 31.6 Å². The first kappa shape index (κ1) is 17.1. The highest BCUT2D eigenvalue weighted by Gasteiger charge is 2.32. The maximum atomic E-state index is 12.8. The number of benzene rings is 1. The van der Waals surface area contributed by atoms with Crippen LogP contribution in [0.1, 0.15) is 67.1 Å². The van der Waals surface area contributed by atoms with Crippen LogP contribution in [0.4, 0.5) is 4.79 Å². The highest BCUT2D eigenvalue weighted by Crippen LogP contribution is 2.38. The molecule has 0 radical (unpaired) electrons. The van der Waals surface area contributed by atoms with Gasteiger partial charge in [-0.15, -0.1) is 0 Å². The fourth-order valence-electron chi connectivity index (χ4n) is 3.47. The van der Waals surface area contributed by atoms with E-state index in [1.54, 1.807) is 0 Å². The molecule has 0 unspecified atom stereocenters. The number of hydrogen-bond donors (Lipinski definition) is 1. The van der Waals surface area contributed by atoms with Gasteiger partial charge in [0.25, 0.3) is 0 Å². The van der Waals surface area contributed by atoms with E-state index in [-0.39, 0.29) is 18.0 Å². The van der Waals surface area contributed by atoms with Crippen molar-refractivity contribution in [2.24, 2.45) is 5.92 Å². The molecule has 1 aliphatic carbocycles. The molecule has 2 aliphatic rings. The molecule has 2 aromatic rings. The number of nitrogens with zero attached hydrogens (tertiary/aromatic N) is 3. The van der Waals surface area contributed by atoms with Gasteiger partial charge in [0.2, 0.25) is 5.89 Å². The van der Waals surface area contributed by atoms with Crippen LogP contribution in [-0.2, 0) is 13.0 Å². The molecule has 1 fully saturated rings. The molecule has 2 amide bonds. The van der Waals surface area contributed by atoms with Crippen molar-refractivity contribution in [3.05, 3.63) is 46.6 Å². The SMILES string of the molecule is Cc1ccc2c(c1)CCN(C(=O)N[C@@H](c1nc(C3CC3)no1)C(C)C)C2. The number of carbonyl (C=O) groups is 1. The van der Waals surface area contributed by atoms with E-state index < -0.39 is 0 Å². The molecule has 26 heavy (non-hydrogen) atoms. The number of aryl methyl sites for hydroxylation is 1. The van der Waals surface area contributed by atoms with Gasteiger partial charge in [-0.1, -0.05) is 42.8 Å². The van der Waals surface area contributed by atoms with Crippen LogP contribution in [0.2, 0.25) is 0 Å². The molecule has 138 valence electrons. The molecular formula is C20H26N4O2. The van der Waals surface area contributed by atoms with Crippen LogP contribution >= 0.6 is 0 Å². The third kappa shape index (κ3) is 3.45. The van der Waals surface area contributed by atoms with Crippen molar-refractivity contribution in [2.75, 3.05) is 6.54 Å². The molecule has 1 N–H and O–H groups in total. The lowest BCUT2D eigenvalue weighted by Crippen LogP contribution is -2.45. The standard InChI is InChI=1S/C20H26N4O2/c1-12(2)17(19-22-18(23-26-19)14-6-7-14)21-20(25)24-9-8-15-10-13(3)4-5-16(15)11-24/h4-5,10,12,14,17H,6-9,11H2,1-3H3,(H,21,25)/t17-/m1/s1.